The molecular weight excluding hydrogens is 382 g/mol. The van der Waals surface area contributed by atoms with Gasteiger partial charge < -0.3 is 21.0 Å². The van der Waals surface area contributed by atoms with E-state index in [0.717, 1.165) is 18.4 Å². The number of amides is 2. The average Bonchev–Trinajstić information content (AvgIpc) is 2.91. The lowest BCUT2D eigenvalue weighted by Crippen LogP contribution is -2.74. The van der Waals surface area contributed by atoms with Crippen LogP contribution in [-0.4, -0.2) is 70.1 Å². The van der Waals surface area contributed by atoms with Gasteiger partial charge in [-0.25, -0.2) is 9.78 Å². The highest BCUT2D eigenvalue weighted by Crippen LogP contribution is 2.24. The lowest BCUT2D eigenvalue weighted by atomic mass is 9.98. The van der Waals surface area contributed by atoms with Gasteiger partial charge in [-0.1, -0.05) is 5.16 Å². The van der Waals surface area contributed by atoms with Crippen LogP contribution in [0.4, 0.5) is 5.13 Å². The second-order valence-electron chi connectivity index (χ2n) is 4.54. The number of rotatable bonds is 6. The fourth-order valence-corrected chi connectivity index (χ4v) is 3.39. The van der Waals surface area contributed by atoms with E-state index in [1.807, 2.05) is 5.32 Å². The molecule has 25 heavy (non-hydrogen) atoms. The van der Waals surface area contributed by atoms with E-state index in [9.17, 15) is 22.8 Å². The average molecular weight is 393 g/mol. The summed E-state index contributed by atoms with van der Waals surface area (Å²) in [5.74, 6) is -4.12. The van der Waals surface area contributed by atoms with Crippen LogP contribution in [0.1, 0.15) is 5.69 Å². The summed E-state index contributed by atoms with van der Waals surface area (Å²) in [6, 6.07) is -3.74. The van der Waals surface area contributed by atoms with Crippen LogP contribution < -0.4 is 11.1 Å². The van der Waals surface area contributed by atoms with Gasteiger partial charge in [0.1, 0.15) is 18.8 Å². The Labute approximate surface area is 143 Å². The van der Waals surface area contributed by atoms with Crippen molar-refractivity contribution in [2.75, 3.05) is 12.8 Å². The number of oxime groups is 1. The molecule has 13 nitrogen and oxygen atoms in total. The quantitative estimate of drug-likeness (QED) is 0.175. The number of carbonyl (C=O) groups excluding carboxylic acids is 2. The van der Waals surface area contributed by atoms with Gasteiger partial charge in [0.25, 0.3) is 11.8 Å². The summed E-state index contributed by atoms with van der Waals surface area (Å²) in [4.78, 5) is 43.5. The summed E-state index contributed by atoms with van der Waals surface area (Å²) < 4.78 is 30.7. The molecule has 0 saturated carbocycles. The number of hydrogen-bond acceptors (Lipinski definition) is 10. The van der Waals surface area contributed by atoms with Gasteiger partial charge in [-0.05, 0) is 0 Å². The smallest absolute Gasteiger partial charge is 0.363 e. The number of nitrogen functional groups attached to an aromatic ring is 1. The molecule has 1 saturated heterocycles. The van der Waals surface area contributed by atoms with Crippen LogP contribution in [0, 0.1) is 0 Å². The highest BCUT2D eigenvalue weighted by molar-refractivity contribution is 7.84. The number of nitrogens with one attached hydrogen (secondary N) is 1. The van der Waals surface area contributed by atoms with Crippen LogP contribution in [0.5, 0.6) is 0 Å². The molecule has 1 aromatic heterocycles. The molecule has 2 atom stereocenters. The molecule has 1 aliphatic heterocycles. The lowest BCUT2D eigenvalue weighted by Gasteiger charge is -2.41. The van der Waals surface area contributed by atoms with Crippen molar-refractivity contribution < 1.29 is 37.3 Å². The zero-order valence-electron chi connectivity index (χ0n) is 12.3. The van der Waals surface area contributed by atoms with Gasteiger partial charge in [0.15, 0.2) is 16.9 Å². The summed E-state index contributed by atoms with van der Waals surface area (Å²) in [6.07, 6.45) is 0. The number of carboxylic acids is 1. The highest BCUT2D eigenvalue weighted by Gasteiger charge is 2.58. The van der Waals surface area contributed by atoms with Crippen molar-refractivity contribution in [3.05, 3.63) is 11.1 Å². The first kappa shape index (κ1) is 18.6. The maximum atomic E-state index is 12.2. The Hall–Kier alpha value is -2.78. The van der Waals surface area contributed by atoms with Crippen molar-refractivity contribution in [1.82, 2.24) is 14.6 Å². The third kappa shape index (κ3) is 3.52. The second-order valence-corrected chi connectivity index (χ2v) is 6.72. The van der Waals surface area contributed by atoms with E-state index in [2.05, 4.69) is 15.0 Å². The van der Waals surface area contributed by atoms with E-state index in [1.165, 1.54) is 5.38 Å². The van der Waals surface area contributed by atoms with Gasteiger partial charge in [-0.3, -0.25) is 14.1 Å². The number of anilines is 1. The Balaban J connectivity index is 2.25. The maximum Gasteiger partial charge on any atom is 0.363 e. The molecule has 2 heterocycles. The largest absolute Gasteiger partial charge is 0.480 e. The monoisotopic (exact) mass is 393 g/mol. The molecule has 0 aromatic carbocycles. The van der Waals surface area contributed by atoms with Gasteiger partial charge in [-0.15, -0.1) is 11.3 Å². The SMILES string of the molecule is CON=C(C(=O)N[C@@H]1C(=O)N(S(=O)(=O)O)[C@@H]1C(=O)O)c1csc(N)n1. The molecule has 1 aliphatic rings. The summed E-state index contributed by atoms with van der Waals surface area (Å²) in [7, 11) is -3.95. The van der Waals surface area contributed by atoms with Crippen LogP contribution in [-0.2, 0) is 29.5 Å². The van der Waals surface area contributed by atoms with Crippen LogP contribution in [0.25, 0.3) is 0 Å². The Morgan fingerprint density at radius 1 is 1.52 bits per heavy atom. The van der Waals surface area contributed by atoms with E-state index in [1.54, 1.807) is 0 Å². The first-order chi connectivity index (χ1) is 11.6. The maximum absolute atomic E-state index is 12.2. The predicted octanol–water partition coefficient (Wildman–Crippen LogP) is -2.34. The third-order valence-electron chi connectivity index (χ3n) is 3.00. The summed E-state index contributed by atoms with van der Waals surface area (Å²) in [5, 5.41) is 16.0. The molecule has 0 radical (unpaired) electrons. The zero-order chi connectivity index (χ0) is 18.9. The minimum Gasteiger partial charge on any atom is -0.480 e. The molecule has 0 unspecified atom stereocenters. The normalized spacial score (nSPS) is 20.8. The molecular formula is C10H11N5O8S2. The predicted molar refractivity (Wildman–Crippen MR) is 81.8 cm³/mol. The summed E-state index contributed by atoms with van der Waals surface area (Å²) in [5.41, 5.74) is 5.05. The first-order valence-corrected chi connectivity index (χ1v) is 8.52. The van der Waals surface area contributed by atoms with E-state index >= 15 is 0 Å². The molecule has 2 amide bonds. The highest BCUT2D eigenvalue weighted by atomic mass is 32.2. The van der Waals surface area contributed by atoms with Crippen molar-refractivity contribution >= 4 is 50.3 Å². The van der Waals surface area contributed by atoms with Crippen LogP contribution >= 0.6 is 11.3 Å². The zero-order valence-corrected chi connectivity index (χ0v) is 13.9. The molecule has 5 N–H and O–H groups in total. The second kappa shape index (κ2) is 6.61. The third-order valence-corrected chi connectivity index (χ3v) is 4.58. The molecule has 15 heteroatoms. The minimum atomic E-state index is -5.09. The Bertz CT molecular complexity index is 862. The number of aromatic nitrogens is 1. The van der Waals surface area contributed by atoms with Crippen LogP contribution in [0.2, 0.25) is 0 Å². The number of thiazole rings is 1. The Morgan fingerprint density at radius 2 is 2.16 bits per heavy atom. The van der Waals surface area contributed by atoms with E-state index < -0.39 is 45.9 Å². The van der Waals surface area contributed by atoms with Gasteiger partial charge in [-0.2, -0.15) is 12.7 Å². The number of nitrogens with zero attached hydrogens (tertiary/aromatic N) is 3. The molecule has 0 bridgehead atoms. The molecule has 136 valence electrons. The van der Waals surface area contributed by atoms with Crippen molar-refractivity contribution in [3.63, 3.8) is 0 Å². The van der Waals surface area contributed by atoms with Crippen molar-refractivity contribution in [2.45, 2.75) is 12.1 Å². The molecule has 1 aromatic rings. The molecule has 0 spiro atoms. The number of carbonyl (C=O) groups is 3. The fraction of sp³-hybridized carbons (Fsp3) is 0.300. The molecule has 2 rings (SSSR count). The lowest BCUT2D eigenvalue weighted by molar-refractivity contribution is -0.160. The number of β-lactam (4-membered cyclic amide) rings is 1. The number of nitrogens with two attached hydrogens (primary N) is 1. The van der Waals surface area contributed by atoms with Crippen molar-refractivity contribution in [3.8, 4) is 0 Å². The summed E-state index contributed by atoms with van der Waals surface area (Å²) >= 11 is 0.993. The van der Waals surface area contributed by atoms with Gasteiger partial charge >= 0.3 is 16.3 Å². The standard InChI is InChI=1S/C10H11N5O8S2/c1-23-14-4(3-2-24-10(11)12-3)7(16)13-5-6(9(18)19)15(8(5)17)25(20,21)22/h2,5-6H,1H3,(H2,11,12)(H,13,16)(H,18,19)(H,20,21,22)/t5-,6-/m0/s1. The van der Waals surface area contributed by atoms with Gasteiger partial charge in [0.2, 0.25) is 0 Å². The molecule has 1 fully saturated rings. The number of aliphatic carboxylic acids is 1. The van der Waals surface area contributed by atoms with Gasteiger partial charge in [0, 0.05) is 5.38 Å². The Morgan fingerprint density at radius 3 is 2.60 bits per heavy atom. The van der Waals surface area contributed by atoms with Gasteiger partial charge in [0.05, 0.1) is 0 Å². The first-order valence-electron chi connectivity index (χ1n) is 6.24. The topological polar surface area (TPSA) is 202 Å². The number of hydrogen-bond donors (Lipinski definition) is 4. The summed E-state index contributed by atoms with van der Waals surface area (Å²) in [6.45, 7) is 0. The fourth-order valence-electron chi connectivity index (χ4n) is 2.01. The van der Waals surface area contributed by atoms with Crippen molar-refractivity contribution in [1.29, 1.82) is 0 Å². The van der Waals surface area contributed by atoms with Crippen molar-refractivity contribution in [2.24, 2.45) is 5.16 Å². The van der Waals surface area contributed by atoms with E-state index in [-0.39, 0.29) is 15.1 Å². The Kier molecular flexibility index (Phi) is 4.91. The minimum absolute atomic E-state index is 0.00660. The van der Waals surface area contributed by atoms with E-state index in [0.29, 0.717) is 0 Å². The van der Waals surface area contributed by atoms with Crippen LogP contribution in [0.15, 0.2) is 10.5 Å². The number of carboxylic acid groups (broad SMARTS) is 1. The van der Waals surface area contributed by atoms with E-state index in [4.69, 9.17) is 15.4 Å². The van der Waals surface area contributed by atoms with Crippen LogP contribution in [0.3, 0.4) is 0 Å². The molecule has 0 aliphatic carbocycles.